The number of carbonyl (C=O) groups excluding carboxylic acids is 1. The molecule has 1 amide bonds. The van der Waals surface area contributed by atoms with E-state index in [1.807, 2.05) is 6.92 Å². The molecule has 3 heteroatoms. The van der Waals surface area contributed by atoms with Gasteiger partial charge in [-0.2, -0.15) is 0 Å². The number of hydrogen-bond acceptors (Lipinski definition) is 1. The summed E-state index contributed by atoms with van der Waals surface area (Å²) in [6.45, 7) is 1.38. The van der Waals surface area contributed by atoms with Crippen LogP contribution in [0.5, 0.6) is 0 Å². The highest BCUT2D eigenvalue weighted by molar-refractivity contribution is 5.77. The highest BCUT2D eigenvalue weighted by Crippen LogP contribution is 2.27. The molecule has 3 nitrogen and oxygen atoms in total. The smallest absolute Gasteiger partial charge is 0.249 e. The van der Waals surface area contributed by atoms with Gasteiger partial charge in [-0.1, -0.05) is 19.3 Å². The Bertz CT molecular complexity index is 162. The lowest BCUT2D eigenvalue weighted by atomic mass is 9.83. The zero-order valence-corrected chi connectivity index (χ0v) is 7.56. The average molecular weight is 170 g/mol. The van der Waals surface area contributed by atoms with Crippen molar-refractivity contribution in [3.05, 3.63) is 0 Å². The van der Waals surface area contributed by atoms with Gasteiger partial charge in [-0.05, 0) is 19.8 Å². The van der Waals surface area contributed by atoms with Gasteiger partial charge in [0, 0.05) is 5.54 Å². The molecule has 0 saturated heterocycles. The first-order valence-corrected chi connectivity index (χ1v) is 4.55. The summed E-state index contributed by atoms with van der Waals surface area (Å²) in [5.74, 6) is -0.362. The Balaban J connectivity index is 2.41. The molecule has 12 heavy (non-hydrogen) atoms. The molecule has 1 radical (unpaired) electrons. The summed E-state index contributed by atoms with van der Waals surface area (Å²) in [5.41, 5.74) is -0.0975. The summed E-state index contributed by atoms with van der Waals surface area (Å²) in [6.07, 6.45) is 5.60. The van der Waals surface area contributed by atoms with Crippen LogP contribution in [0.3, 0.4) is 0 Å². The fourth-order valence-corrected chi connectivity index (χ4v) is 1.83. The van der Waals surface area contributed by atoms with E-state index < -0.39 is 6.61 Å². The van der Waals surface area contributed by atoms with E-state index >= 15 is 0 Å². The van der Waals surface area contributed by atoms with Crippen molar-refractivity contribution in [3.8, 4) is 0 Å². The van der Waals surface area contributed by atoms with Crippen LogP contribution in [0.25, 0.3) is 0 Å². The van der Waals surface area contributed by atoms with Crippen LogP contribution in [0.4, 0.5) is 0 Å². The zero-order chi connectivity index (χ0) is 9.03. The van der Waals surface area contributed by atoms with Crippen LogP contribution in [0.1, 0.15) is 39.0 Å². The van der Waals surface area contributed by atoms with Gasteiger partial charge in [-0.25, -0.2) is 5.11 Å². The first kappa shape index (κ1) is 9.52. The van der Waals surface area contributed by atoms with E-state index in [1.165, 1.54) is 6.42 Å². The van der Waals surface area contributed by atoms with Crippen molar-refractivity contribution >= 4 is 5.91 Å². The molecule has 0 aromatic rings. The SMILES string of the molecule is CC1(NC(=O)C[O])CCCCC1. The van der Waals surface area contributed by atoms with Crippen LogP contribution in [-0.2, 0) is 9.90 Å². The first-order valence-electron chi connectivity index (χ1n) is 4.55. The second-order valence-corrected chi connectivity index (χ2v) is 3.81. The van der Waals surface area contributed by atoms with Gasteiger partial charge in [0.1, 0.15) is 0 Å². The monoisotopic (exact) mass is 170 g/mol. The Morgan fingerprint density at radius 1 is 1.33 bits per heavy atom. The van der Waals surface area contributed by atoms with E-state index in [2.05, 4.69) is 5.32 Å². The minimum atomic E-state index is -0.643. The molecule has 0 aromatic heterocycles. The molecule has 0 unspecified atom stereocenters. The second kappa shape index (κ2) is 3.90. The fraction of sp³-hybridized carbons (Fsp3) is 0.889. The molecule has 1 saturated carbocycles. The average Bonchev–Trinajstić information content (AvgIpc) is 2.05. The molecule has 0 aliphatic heterocycles. The van der Waals surface area contributed by atoms with Gasteiger partial charge in [0.05, 0.1) is 0 Å². The molecule has 1 rings (SSSR count). The highest BCUT2D eigenvalue weighted by atomic mass is 16.3. The third-order valence-electron chi connectivity index (χ3n) is 2.53. The van der Waals surface area contributed by atoms with E-state index in [1.54, 1.807) is 0 Å². The van der Waals surface area contributed by atoms with Crippen molar-refractivity contribution in [2.45, 2.75) is 44.6 Å². The minimum Gasteiger partial charge on any atom is -0.349 e. The van der Waals surface area contributed by atoms with Crippen molar-refractivity contribution < 1.29 is 9.90 Å². The van der Waals surface area contributed by atoms with E-state index in [4.69, 9.17) is 0 Å². The molecule has 69 valence electrons. The van der Waals surface area contributed by atoms with Crippen LogP contribution < -0.4 is 5.32 Å². The molecule has 0 bridgehead atoms. The Labute approximate surface area is 73.2 Å². The molecule has 0 heterocycles. The summed E-state index contributed by atoms with van der Waals surface area (Å²) >= 11 is 0. The van der Waals surface area contributed by atoms with Crippen LogP contribution in [0.15, 0.2) is 0 Å². The maximum absolute atomic E-state index is 10.9. The standard InChI is InChI=1S/C9H16NO2/c1-9(10-8(12)7-11)5-3-2-4-6-9/h2-7H2,1H3,(H,10,12). The lowest BCUT2D eigenvalue weighted by molar-refractivity contribution is -0.127. The van der Waals surface area contributed by atoms with Crippen LogP contribution in [0.2, 0.25) is 0 Å². The third-order valence-corrected chi connectivity index (χ3v) is 2.53. The Morgan fingerprint density at radius 3 is 2.42 bits per heavy atom. The summed E-state index contributed by atoms with van der Waals surface area (Å²) in [5, 5.41) is 13.0. The van der Waals surface area contributed by atoms with E-state index in [0.717, 1.165) is 25.7 Å². The molecular formula is C9H16NO2. The fourth-order valence-electron chi connectivity index (χ4n) is 1.83. The largest absolute Gasteiger partial charge is 0.349 e. The van der Waals surface area contributed by atoms with Crippen molar-refractivity contribution in [1.29, 1.82) is 0 Å². The van der Waals surface area contributed by atoms with E-state index in [-0.39, 0.29) is 11.4 Å². The quantitative estimate of drug-likeness (QED) is 0.666. The summed E-state index contributed by atoms with van der Waals surface area (Å²) < 4.78 is 0. The van der Waals surface area contributed by atoms with Gasteiger partial charge in [-0.15, -0.1) is 0 Å². The lowest BCUT2D eigenvalue weighted by Gasteiger charge is -2.34. The number of amides is 1. The van der Waals surface area contributed by atoms with E-state index in [9.17, 15) is 9.90 Å². The maximum atomic E-state index is 10.9. The molecule has 1 N–H and O–H groups in total. The van der Waals surface area contributed by atoms with Crippen LogP contribution in [-0.4, -0.2) is 18.1 Å². The molecule has 1 aliphatic rings. The van der Waals surface area contributed by atoms with Crippen LogP contribution in [0, 0.1) is 0 Å². The van der Waals surface area contributed by atoms with Crippen LogP contribution >= 0.6 is 0 Å². The number of hydrogen-bond donors (Lipinski definition) is 1. The third kappa shape index (κ3) is 2.48. The van der Waals surface area contributed by atoms with Gasteiger partial charge in [0.15, 0.2) is 6.61 Å². The topological polar surface area (TPSA) is 49.0 Å². The predicted molar refractivity (Wildman–Crippen MR) is 45.2 cm³/mol. The zero-order valence-electron chi connectivity index (χ0n) is 7.56. The molecule has 1 aliphatic carbocycles. The Morgan fingerprint density at radius 2 is 1.92 bits per heavy atom. The Hall–Kier alpha value is -0.570. The van der Waals surface area contributed by atoms with Gasteiger partial charge in [0.25, 0.3) is 0 Å². The number of rotatable bonds is 2. The molecule has 0 aromatic carbocycles. The second-order valence-electron chi connectivity index (χ2n) is 3.81. The summed E-state index contributed by atoms with van der Waals surface area (Å²) in [6, 6.07) is 0. The predicted octanol–water partition coefficient (Wildman–Crippen LogP) is 1.26. The van der Waals surface area contributed by atoms with E-state index in [0.29, 0.717) is 0 Å². The molecule has 0 spiro atoms. The first-order chi connectivity index (χ1) is 5.66. The molecule has 0 atom stereocenters. The normalized spacial score (nSPS) is 21.8. The maximum Gasteiger partial charge on any atom is 0.249 e. The molecular weight excluding hydrogens is 154 g/mol. The summed E-state index contributed by atoms with van der Waals surface area (Å²) in [4.78, 5) is 10.9. The van der Waals surface area contributed by atoms with Gasteiger partial charge < -0.3 is 5.32 Å². The van der Waals surface area contributed by atoms with Crippen molar-refractivity contribution in [1.82, 2.24) is 5.32 Å². The number of carbonyl (C=O) groups is 1. The summed E-state index contributed by atoms with van der Waals surface area (Å²) in [7, 11) is 0. The van der Waals surface area contributed by atoms with Crippen molar-refractivity contribution in [3.63, 3.8) is 0 Å². The molecule has 1 fully saturated rings. The number of nitrogens with one attached hydrogen (secondary N) is 1. The Kier molecular flexibility index (Phi) is 3.09. The highest BCUT2D eigenvalue weighted by Gasteiger charge is 2.27. The van der Waals surface area contributed by atoms with Crippen molar-refractivity contribution in [2.75, 3.05) is 6.61 Å². The van der Waals surface area contributed by atoms with Gasteiger partial charge in [0.2, 0.25) is 5.91 Å². The van der Waals surface area contributed by atoms with Gasteiger partial charge >= 0.3 is 0 Å². The lowest BCUT2D eigenvalue weighted by Crippen LogP contribution is -2.48. The van der Waals surface area contributed by atoms with Gasteiger partial charge in [-0.3, -0.25) is 4.79 Å². The van der Waals surface area contributed by atoms with Crippen molar-refractivity contribution in [2.24, 2.45) is 0 Å². The minimum absolute atomic E-state index is 0.0975.